The van der Waals surface area contributed by atoms with Crippen molar-refractivity contribution in [1.29, 1.82) is 0 Å². The summed E-state index contributed by atoms with van der Waals surface area (Å²) in [6.45, 7) is 3.26. The van der Waals surface area contributed by atoms with Crippen molar-refractivity contribution in [3.05, 3.63) is 53.6 Å². The normalized spacial score (nSPS) is 16.8. The van der Waals surface area contributed by atoms with Crippen molar-refractivity contribution in [2.45, 2.75) is 38.6 Å². The number of carbonyl (C=O) groups excluding carboxylic acids is 1. The van der Waals surface area contributed by atoms with Crippen LogP contribution < -0.4 is 10.6 Å². The fraction of sp³-hybridized carbons (Fsp3) is 0.350. The highest BCUT2D eigenvalue weighted by atomic mass is 16.3. The summed E-state index contributed by atoms with van der Waals surface area (Å²) >= 11 is 0. The van der Waals surface area contributed by atoms with Crippen LogP contribution in [0.25, 0.3) is 10.9 Å². The van der Waals surface area contributed by atoms with Gasteiger partial charge in [-0.1, -0.05) is 6.92 Å². The van der Waals surface area contributed by atoms with Gasteiger partial charge in [0, 0.05) is 28.3 Å². The number of carbonyl (C=O) groups is 1. The molecule has 2 aromatic heterocycles. The van der Waals surface area contributed by atoms with E-state index < -0.39 is 0 Å². The fourth-order valence-corrected chi connectivity index (χ4v) is 3.62. The number of aromatic nitrogens is 1. The average molecular weight is 337 g/mol. The standard InChI is InChI=1S/C20H23N3O2/c1-2-9-21-13-5-7-17-15(11-13)16-12-14(6-8-18(16)23-17)22-20(24)19-4-3-10-25-19/h3-4,6,8,10,12-13,21,23H,2,5,7,9,11H2,1H3,(H,22,24). The van der Waals surface area contributed by atoms with Crippen molar-refractivity contribution in [3.8, 4) is 0 Å². The molecule has 1 aliphatic rings. The molecule has 0 saturated heterocycles. The maximum atomic E-state index is 12.2. The molecule has 0 saturated carbocycles. The first kappa shape index (κ1) is 16.0. The van der Waals surface area contributed by atoms with Crippen molar-refractivity contribution in [1.82, 2.24) is 10.3 Å². The molecule has 3 N–H and O–H groups in total. The summed E-state index contributed by atoms with van der Waals surface area (Å²) in [6, 6.07) is 9.94. The molecule has 0 radical (unpaired) electrons. The number of aromatic amines is 1. The Morgan fingerprint density at radius 2 is 2.28 bits per heavy atom. The maximum Gasteiger partial charge on any atom is 0.291 e. The van der Waals surface area contributed by atoms with Crippen LogP contribution in [-0.4, -0.2) is 23.5 Å². The van der Waals surface area contributed by atoms with Gasteiger partial charge in [0.2, 0.25) is 0 Å². The highest BCUT2D eigenvalue weighted by Gasteiger charge is 2.22. The predicted octanol–water partition coefficient (Wildman–Crippen LogP) is 3.87. The molecule has 0 bridgehead atoms. The first-order valence-electron chi connectivity index (χ1n) is 8.96. The van der Waals surface area contributed by atoms with E-state index in [1.165, 1.54) is 29.3 Å². The van der Waals surface area contributed by atoms with Crippen molar-refractivity contribution in [3.63, 3.8) is 0 Å². The van der Waals surface area contributed by atoms with Gasteiger partial charge in [0.25, 0.3) is 5.91 Å². The molecule has 4 rings (SSSR count). The van der Waals surface area contributed by atoms with Crippen LogP contribution in [0.3, 0.4) is 0 Å². The van der Waals surface area contributed by atoms with Crippen LogP contribution in [0.2, 0.25) is 0 Å². The fourth-order valence-electron chi connectivity index (χ4n) is 3.62. The lowest BCUT2D eigenvalue weighted by Gasteiger charge is -2.23. The third kappa shape index (κ3) is 3.20. The molecule has 0 fully saturated rings. The number of benzene rings is 1. The molecule has 1 atom stereocenters. The predicted molar refractivity (Wildman–Crippen MR) is 99.1 cm³/mol. The molecule has 1 aliphatic carbocycles. The lowest BCUT2D eigenvalue weighted by atomic mass is 9.91. The van der Waals surface area contributed by atoms with Gasteiger partial charge in [0.1, 0.15) is 0 Å². The molecule has 0 aliphatic heterocycles. The van der Waals surface area contributed by atoms with Gasteiger partial charge in [-0.15, -0.1) is 0 Å². The zero-order chi connectivity index (χ0) is 17.2. The Hall–Kier alpha value is -2.53. The summed E-state index contributed by atoms with van der Waals surface area (Å²) in [5, 5.41) is 7.76. The molecule has 5 nitrogen and oxygen atoms in total. The molecule has 0 spiro atoms. The zero-order valence-electron chi connectivity index (χ0n) is 14.4. The maximum absolute atomic E-state index is 12.2. The largest absolute Gasteiger partial charge is 0.459 e. The molecular weight excluding hydrogens is 314 g/mol. The van der Waals surface area contributed by atoms with Gasteiger partial charge in [0.15, 0.2) is 5.76 Å². The van der Waals surface area contributed by atoms with Gasteiger partial charge in [-0.25, -0.2) is 0 Å². The number of anilines is 1. The van der Waals surface area contributed by atoms with Crippen molar-refractivity contribution in [2.24, 2.45) is 0 Å². The van der Waals surface area contributed by atoms with Crippen LogP contribution in [0.4, 0.5) is 5.69 Å². The van der Waals surface area contributed by atoms with Gasteiger partial charge in [-0.3, -0.25) is 4.79 Å². The first-order chi connectivity index (χ1) is 12.2. The van der Waals surface area contributed by atoms with E-state index >= 15 is 0 Å². The molecule has 1 unspecified atom stereocenters. The number of hydrogen-bond acceptors (Lipinski definition) is 3. The Balaban J connectivity index is 1.59. The van der Waals surface area contributed by atoms with E-state index in [9.17, 15) is 4.79 Å². The molecule has 130 valence electrons. The van der Waals surface area contributed by atoms with Gasteiger partial charge in [0.05, 0.1) is 6.26 Å². The number of nitrogens with one attached hydrogen (secondary N) is 3. The minimum Gasteiger partial charge on any atom is -0.459 e. The second-order valence-corrected chi connectivity index (χ2v) is 6.67. The Kier molecular flexibility index (Phi) is 4.32. The highest BCUT2D eigenvalue weighted by Crippen LogP contribution is 2.31. The molecule has 3 aromatic rings. The summed E-state index contributed by atoms with van der Waals surface area (Å²) in [6.07, 6.45) is 5.93. The molecule has 5 heteroatoms. The third-order valence-corrected chi connectivity index (χ3v) is 4.87. The second-order valence-electron chi connectivity index (χ2n) is 6.67. The summed E-state index contributed by atoms with van der Waals surface area (Å²) < 4.78 is 5.16. The van der Waals surface area contributed by atoms with Crippen LogP contribution in [0.15, 0.2) is 41.0 Å². The smallest absolute Gasteiger partial charge is 0.291 e. The average Bonchev–Trinajstić information content (AvgIpc) is 3.27. The van der Waals surface area contributed by atoms with Crippen molar-refractivity contribution < 1.29 is 9.21 Å². The molecule has 25 heavy (non-hydrogen) atoms. The number of H-pyrrole nitrogens is 1. The number of fused-ring (bicyclic) bond motifs is 3. The van der Waals surface area contributed by atoms with E-state index in [4.69, 9.17) is 4.42 Å². The third-order valence-electron chi connectivity index (χ3n) is 4.87. The SMILES string of the molecule is CCCNC1CCc2[nH]c3ccc(NC(=O)c4ccco4)cc3c2C1. The van der Waals surface area contributed by atoms with Crippen molar-refractivity contribution in [2.75, 3.05) is 11.9 Å². The highest BCUT2D eigenvalue weighted by molar-refractivity contribution is 6.03. The minimum absolute atomic E-state index is 0.226. The van der Waals surface area contributed by atoms with Crippen molar-refractivity contribution >= 4 is 22.5 Å². The Morgan fingerprint density at radius 1 is 1.36 bits per heavy atom. The molecule has 1 aromatic carbocycles. The Labute approximate surface area is 146 Å². The van der Waals surface area contributed by atoms with E-state index in [0.29, 0.717) is 11.8 Å². The zero-order valence-corrected chi connectivity index (χ0v) is 14.4. The van der Waals surface area contributed by atoms with E-state index in [1.54, 1.807) is 12.1 Å². The van der Waals surface area contributed by atoms with E-state index in [2.05, 4.69) is 28.6 Å². The monoisotopic (exact) mass is 337 g/mol. The van der Waals surface area contributed by atoms with Gasteiger partial charge < -0.3 is 20.0 Å². The molecular formula is C20H23N3O2. The summed E-state index contributed by atoms with van der Waals surface area (Å²) in [7, 11) is 0. The Morgan fingerprint density at radius 3 is 3.08 bits per heavy atom. The lowest BCUT2D eigenvalue weighted by Crippen LogP contribution is -2.34. The molecule has 1 amide bonds. The molecule has 2 heterocycles. The Bertz CT molecular complexity index is 880. The number of rotatable bonds is 5. The van der Waals surface area contributed by atoms with Crippen LogP contribution in [-0.2, 0) is 12.8 Å². The summed E-state index contributed by atoms with van der Waals surface area (Å²) in [4.78, 5) is 15.7. The second kappa shape index (κ2) is 6.76. The summed E-state index contributed by atoms with van der Waals surface area (Å²) in [5.41, 5.74) is 4.64. The van der Waals surface area contributed by atoms with Crippen LogP contribution in [0.1, 0.15) is 41.6 Å². The van der Waals surface area contributed by atoms with Gasteiger partial charge in [-0.2, -0.15) is 0 Å². The van der Waals surface area contributed by atoms with Crippen LogP contribution in [0.5, 0.6) is 0 Å². The van der Waals surface area contributed by atoms with E-state index in [-0.39, 0.29) is 5.91 Å². The van der Waals surface area contributed by atoms with Gasteiger partial charge in [-0.05, 0) is 68.1 Å². The van der Waals surface area contributed by atoms with E-state index in [1.807, 2.05) is 12.1 Å². The van der Waals surface area contributed by atoms with Crippen LogP contribution >= 0.6 is 0 Å². The number of aryl methyl sites for hydroxylation is 1. The first-order valence-corrected chi connectivity index (χ1v) is 8.96. The number of amides is 1. The summed E-state index contributed by atoms with van der Waals surface area (Å²) in [5.74, 6) is 0.0938. The number of furan rings is 1. The van der Waals surface area contributed by atoms with Crippen LogP contribution in [0, 0.1) is 0 Å². The topological polar surface area (TPSA) is 70.1 Å². The minimum atomic E-state index is -0.226. The quantitative estimate of drug-likeness (QED) is 0.662. The lowest BCUT2D eigenvalue weighted by molar-refractivity contribution is 0.0996. The number of hydrogen-bond donors (Lipinski definition) is 3. The van der Waals surface area contributed by atoms with Gasteiger partial charge >= 0.3 is 0 Å². The van der Waals surface area contributed by atoms with E-state index in [0.717, 1.165) is 37.0 Å².